The molecule has 3 nitrogen and oxygen atoms in total. The summed E-state index contributed by atoms with van der Waals surface area (Å²) in [5.41, 5.74) is 0.910. The highest BCUT2D eigenvalue weighted by Crippen LogP contribution is 2.28. The highest BCUT2D eigenvalue weighted by atomic mass is 127. The van der Waals surface area contributed by atoms with E-state index in [0.717, 1.165) is 41.7 Å². The molecule has 1 saturated heterocycles. The minimum Gasteiger partial charge on any atom is -0.381 e. The molecule has 1 N–H and O–H groups in total. The standard InChI is InChI=1S/C14H18INO2/c1-14(5-7-18-8-6-14)10-16-13(17)11-3-2-4-12(15)9-11/h2-4,9H,5-8,10H2,1H3,(H,16,17). The van der Waals surface area contributed by atoms with Crippen molar-refractivity contribution < 1.29 is 9.53 Å². The number of hydrogen-bond donors (Lipinski definition) is 1. The van der Waals surface area contributed by atoms with E-state index >= 15 is 0 Å². The Kier molecular flexibility index (Phi) is 4.61. The van der Waals surface area contributed by atoms with E-state index in [9.17, 15) is 4.79 Å². The van der Waals surface area contributed by atoms with Crippen LogP contribution in [0.3, 0.4) is 0 Å². The normalized spacial score (nSPS) is 18.3. The van der Waals surface area contributed by atoms with E-state index in [2.05, 4.69) is 34.8 Å². The van der Waals surface area contributed by atoms with Crippen LogP contribution in [-0.4, -0.2) is 25.7 Å². The molecule has 0 saturated carbocycles. The van der Waals surface area contributed by atoms with Crippen molar-refractivity contribution in [2.45, 2.75) is 19.8 Å². The van der Waals surface area contributed by atoms with Gasteiger partial charge in [-0.3, -0.25) is 4.79 Å². The molecule has 98 valence electrons. The van der Waals surface area contributed by atoms with E-state index in [4.69, 9.17) is 4.74 Å². The smallest absolute Gasteiger partial charge is 0.251 e. The lowest BCUT2D eigenvalue weighted by Gasteiger charge is -2.33. The van der Waals surface area contributed by atoms with Crippen molar-refractivity contribution in [2.75, 3.05) is 19.8 Å². The average Bonchev–Trinajstić information content (AvgIpc) is 2.37. The molecule has 1 fully saturated rings. The molecule has 0 aromatic heterocycles. The zero-order valence-electron chi connectivity index (χ0n) is 10.5. The number of nitrogens with one attached hydrogen (secondary N) is 1. The molecule has 1 amide bonds. The van der Waals surface area contributed by atoms with Crippen molar-refractivity contribution in [1.82, 2.24) is 5.32 Å². The SMILES string of the molecule is CC1(CNC(=O)c2cccc(I)c2)CCOCC1. The lowest BCUT2D eigenvalue weighted by atomic mass is 9.82. The van der Waals surface area contributed by atoms with Crippen molar-refractivity contribution in [3.05, 3.63) is 33.4 Å². The number of hydrogen-bond acceptors (Lipinski definition) is 2. The Morgan fingerprint density at radius 3 is 2.83 bits per heavy atom. The minimum atomic E-state index is 0.0150. The molecule has 1 heterocycles. The Balaban J connectivity index is 1.92. The van der Waals surface area contributed by atoms with Gasteiger partial charge in [0.1, 0.15) is 0 Å². The van der Waals surface area contributed by atoms with Crippen molar-refractivity contribution in [2.24, 2.45) is 5.41 Å². The summed E-state index contributed by atoms with van der Waals surface area (Å²) >= 11 is 2.22. The van der Waals surface area contributed by atoms with Crippen LogP contribution < -0.4 is 5.32 Å². The van der Waals surface area contributed by atoms with Gasteiger partial charge in [-0.25, -0.2) is 0 Å². The van der Waals surface area contributed by atoms with Crippen LogP contribution in [-0.2, 0) is 4.74 Å². The van der Waals surface area contributed by atoms with E-state index in [-0.39, 0.29) is 11.3 Å². The van der Waals surface area contributed by atoms with Gasteiger partial charge in [0.05, 0.1) is 0 Å². The van der Waals surface area contributed by atoms with E-state index in [1.807, 2.05) is 24.3 Å². The Hall–Kier alpha value is -0.620. The maximum absolute atomic E-state index is 12.0. The second-order valence-electron chi connectivity index (χ2n) is 5.12. The van der Waals surface area contributed by atoms with Gasteiger partial charge in [0.15, 0.2) is 0 Å². The molecule has 0 spiro atoms. The van der Waals surface area contributed by atoms with Crippen LogP contribution in [0, 0.1) is 8.99 Å². The van der Waals surface area contributed by atoms with Crippen LogP contribution in [0.1, 0.15) is 30.1 Å². The molecule has 0 radical (unpaired) electrons. The highest BCUT2D eigenvalue weighted by Gasteiger charge is 2.27. The molecule has 18 heavy (non-hydrogen) atoms. The van der Waals surface area contributed by atoms with Crippen LogP contribution in [0.5, 0.6) is 0 Å². The number of carbonyl (C=O) groups is 1. The van der Waals surface area contributed by atoms with Gasteiger partial charge in [0.2, 0.25) is 0 Å². The van der Waals surface area contributed by atoms with Gasteiger partial charge >= 0.3 is 0 Å². The number of amides is 1. The summed E-state index contributed by atoms with van der Waals surface area (Å²) in [7, 11) is 0. The molecule has 0 atom stereocenters. The van der Waals surface area contributed by atoms with Gasteiger partial charge in [-0.2, -0.15) is 0 Å². The minimum absolute atomic E-state index is 0.0150. The first kappa shape index (κ1) is 13.8. The molecule has 1 aliphatic rings. The number of benzene rings is 1. The van der Waals surface area contributed by atoms with Gasteiger partial charge in [-0.15, -0.1) is 0 Å². The van der Waals surface area contributed by atoms with E-state index < -0.39 is 0 Å². The van der Waals surface area contributed by atoms with Crippen molar-refractivity contribution in [3.8, 4) is 0 Å². The fourth-order valence-corrected chi connectivity index (χ4v) is 2.61. The summed E-state index contributed by atoms with van der Waals surface area (Å²) in [5.74, 6) is 0.0150. The van der Waals surface area contributed by atoms with Crippen LogP contribution in [0.25, 0.3) is 0 Å². The first-order valence-electron chi connectivity index (χ1n) is 6.21. The molecule has 2 rings (SSSR count). The Bertz CT molecular complexity index is 428. The van der Waals surface area contributed by atoms with Crippen LogP contribution in [0.2, 0.25) is 0 Å². The Morgan fingerprint density at radius 1 is 1.44 bits per heavy atom. The molecule has 0 bridgehead atoms. The van der Waals surface area contributed by atoms with Crippen molar-refractivity contribution >= 4 is 28.5 Å². The fourth-order valence-electron chi connectivity index (χ4n) is 2.07. The van der Waals surface area contributed by atoms with Crippen LogP contribution >= 0.6 is 22.6 Å². The average molecular weight is 359 g/mol. The lowest BCUT2D eigenvalue weighted by Crippen LogP contribution is -2.39. The largest absolute Gasteiger partial charge is 0.381 e. The second-order valence-corrected chi connectivity index (χ2v) is 6.36. The number of carbonyl (C=O) groups excluding carboxylic acids is 1. The third-order valence-corrected chi connectivity index (χ3v) is 4.13. The molecular formula is C14H18INO2. The first-order chi connectivity index (χ1) is 8.59. The summed E-state index contributed by atoms with van der Waals surface area (Å²) in [6.45, 7) is 4.54. The molecular weight excluding hydrogens is 341 g/mol. The molecule has 1 aromatic rings. The van der Waals surface area contributed by atoms with Gasteiger partial charge in [0, 0.05) is 28.9 Å². The van der Waals surface area contributed by atoms with E-state index in [0.29, 0.717) is 0 Å². The zero-order valence-corrected chi connectivity index (χ0v) is 12.7. The van der Waals surface area contributed by atoms with E-state index in [1.165, 1.54) is 0 Å². The lowest BCUT2D eigenvalue weighted by molar-refractivity contribution is 0.0238. The molecule has 1 aromatic carbocycles. The Labute approximate surface area is 121 Å². The topological polar surface area (TPSA) is 38.3 Å². The monoisotopic (exact) mass is 359 g/mol. The highest BCUT2D eigenvalue weighted by molar-refractivity contribution is 14.1. The van der Waals surface area contributed by atoms with Crippen LogP contribution in [0.4, 0.5) is 0 Å². The fraction of sp³-hybridized carbons (Fsp3) is 0.500. The first-order valence-corrected chi connectivity index (χ1v) is 7.28. The quantitative estimate of drug-likeness (QED) is 0.843. The summed E-state index contributed by atoms with van der Waals surface area (Å²) in [5, 5.41) is 3.04. The van der Waals surface area contributed by atoms with Crippen molar-refractivity contribution in [3.63, 3.8) is 0 Å². The maximum Gasteiger partial charge on any atom is 0.251 e. The van der Waals surface area contributed by atoms with Crippen LogP contribution in [0.15, 0.2) is 24.3 Å². The van der Waals surface area contributed by atoms with Gasteiger partial charge in [-0.1, -0.05) is 13.0 Å². The third-order valence-electron chi connectivity index (χ3n) is 3.46. The molecule has 4 heteroatoms. The molecule has 0 aliphatic carbocycles. The predicted octanol–water partition coefficient (Wildman–Crippen LogP) is 2.84. The maximum atomic E-state index is 12.0. The second kappa shape index (κ2) is 6.02. The zero-order chi connectivity index (χ0) is 13.0. The molecule has 1 aliphatic heterocycles. The summed E-state index contributed by atoms with van der Waals surface area (Å²) in [6.07, 6.45) is 2.03. The predicted molar refractivity (Wildman–Crippen MR) is 79.7 cm³/mol. The van der Waals surface area contributed by atoms with Gasteiger partial charge in [0.25, 0.3) is 5.91 Å². The summed E-state index contributed by atoms with van der Waals surface area (Å²) < 4.78 is 6.44. The van der Waals surface area contributed by atoms with E-state index in [1.54, 1.807) is 0 Å². The van der Waals surface area contributed by atoms with Crippen molar-refractivity contribution in [1.29, 1.82) is 0 Å². The summed E-state index contributed by atoms with van der Waals surface area (Å²) in [6, 6.07) is 7.65. The third kappa shape index (κ3) is 3.68. The number of halogens is 1. The number of rotatable bonds is 3. The summed E-state index contributed by atoms with van der Waals surface area (Å²) in [4.78, 5) is 12.0. The Morgan fingerprint density at radius 2 is 2.17 bits per heavy atom. The molecule has 0 unspecified atom stereocenters. The number of ether oxygens (including phenoxy) is 1. The van der Waals surface area contributed by atoms with Gasteiger partial charge in [-0.05, 0) is 59.0 Å². The van der Waals surface area contributed by atoms with Gasteiger partial charge < -0.3 is 10.1 Å².